The standard InChI is InChI=1S/C21H23N5O4S/c1-3-18(22-21(28)30-14-15-7-5-4-6-8-15)19(27)13-26-24-20(23-25-26)31-17-11-9-16(29-2)10-12-17/h4-12,18H,3,13-14H2,1-2H3,(H,22,28). The van der Waals surface area contributed by atoms with Crippen molar-refractivity contribution in [2.75, 3.05) is 7.11 Å². The lowest BCUT2D eigenvalue weighted by atomic mass is 10.1. The highest BCUT2D eigenvalue weighted by Crippen LogP contribution is 2.25. The lowest BCUT2D eigenvalue weighted by Gasteiger charge is -2.15. The van der Waals surface area contributed by atoms with Crippen molar-refractivity contribution >= 4 is 23.6 Å². The van der Waals surface area contributed by atoms with Gasteiger partial charge in [-0.1, -0.05) is 37.3 Å². The molecule has 0 spiro atoms. The molecule has 3 aromatic rings. The summed E-state index contributed by atoms with van der Waals surface area (Å²) in [6.07, 6.45) is -0.229. The van der Waals surface area contributed by atoms with Crippen LogP contribution in [-0.4, -0.2) is 45.2 Å². The van der Waals surface area contributed by atoms with Gasteiger partial charge in [-0.3, -0.25) is 4.79 Å². The van der Waals surface area contributed by atoms with Crippen molar-refractivity contribution in [2.45, 2.75) is 42.6 Å². The third-order valence-electron chi connectivity index (χ3n) is 4.30. The third kappa shape index (κ3) is 6.82. The van der Waals surface area contributed by atoms with Crippen LogP contribution in [0, 0.1) is 0 Å². The van der Waals surface area contributed by atoms with Gasteiger partial charge in [0.1, 0.15) is 18.9 Å². The summed E-state index contributed by atoms with van der Waals surface area (Å²) >= 11 is 1.32. The largest absolute Gasteiger partial charge is 0.497 e. The summed E-state index contributed by atoms with van der Waals surface area (Å²) in [5.74, 6) is 0.518. The highest BCUT2D eigenvalue weighted by atomic mass is 32.2. The summed E-state index contributed by atoms with van der Waals surface area (Å²) in [7, 11) is 1.60. The van der Waals surface area contributed by atoms with E-state index >= 15 is 0 Å². The van der Waals surface area contributed by atoms with Gasteiger partial charge in [-0.15, -0.1) is 10.2 Å². The van der Waals surface area contributed by atoms with E-state index in [1.807, 2.05) is 54.6 Å². The number of Topliss-reactive ketones (excluding diaryl/α,β-unsaturated/α-hetero) is 1. The van der Waals surface area contributed by atoms with Gasteiger partial charge in [0, 0.05) is 4.90 Å². The number of ether oxygens (including phenoxy) is 2. The first-order valence-corrected chi connectivity index (χ1v) is 10.5. The van der Waals surface area contributed by atoms with Crippen molar-refractivity contribution in [3.8, 4) is 5.75 Å². The number of carbonyl (C=O) groups excluding carboxylic acids is 2. The second kappa shape index (κ2) is 11.1. The number of nitrogens with zero attached hydrogens (tertiary/aromatic N) is 4. The third-order valence-corrected chi connectivity index (χ3v) is 5.16. The van der Waals surface area contributed by atoms with E-state index in [1.54, 1.807) is 14.0 Å². The molecule has 10 heteroatoms. The van der Waals surface area contributed by atoms with Gasteiger partial charge < -0.3 is 14.8 Å². The maximum absolute atomic E-state index is 12.6. The van der Waals surface area contributed by atoms with Gasteiger partial charge in [-0.2, -0.15) is 4.80 Å². The molecule has 2 aromatic carbocycles. The maximum Gasteiger partial charge on any atom is 0.408 e. The molecule has 0 fully saturated rings. The summed E-state index contributed by atoms with van der Waals surface area (Å²) in [4.78, 5) is 26.8. The molecule has 1 atom stereocenters. The Labute approximate surface area is 184 Å². The van der Waals surface area contributed by atoms with Crippen LogP contribution >= 0.6 is 11.8 Å². The Morgan fingerprint density at radius 1 is 1.13 bits per heavy atom. The molecule has 162 valence electrons. The van der Waals surface area contributed by atoms with E-state index in [4.69, 9.17) is 9.47 Å². The summed E-state index contributed by atoms with van der Waals surface area (Å²) in [6, 6.07) is 16.1. The Bertz CT molecular complexity index is 995. The van der Waals surface area contributed by atoms with Gasteiger partial charge in [0.25, 0.3) is 0 Å². The zero-order valence-corrected chi connectivity index (χ0v) is 18.0. The molecule has 0 aliphatic rings. The molecule has 3 rings (SSSR count). The zero-order valence-electron chi connectivity index (χ0n) is 17.2. The van der Waals surface area contributed by atoms with Crippen LogP contribution in [-0.2, 0) is 22.7 Å². The molecule has 0 saturated heterocycles. The molecule has 1 N–H and O–H groups in total. The van der Waals surface area contributed by atoms with Gasteiger partial charge in [0.15, 0.2) is 5.78 Å². The van der Waals surface area contributed by atoms with E-state index < -0.39 is 12.1 Å². The van der Waals surface area contributed by atoms with E-state index in [0.717, 1.165) is 16.2 Å². The predicted molar refractivity (Wildman–Crippen MR) is 114 cm³/mol. The first-order valence-electron chi connectivity index (χ1n) is 9.67. The Morgan fingerprint density at radius 2 is 1.87 bits per heavy atom. The quantitative estimate of drug-likeness (QED) is 0.511. The predicted octanol–water partition coefficient (Wildman–Crippen LogP) is 3.11. The number of methoxy groups -OCH3 is 1. The molecule has 0 aliphatic carbocycles. The van der Waals surface area contributed by atoms with Gasteiger partial charge >= 0.3 is 6.09 Å². The van der Waals surface area contributed by atoms with Gasteiger partial charge in [-0.05, 0) is 53.2 Å². The monoisotopic (exact) mass is 441 g/mol. The number of tetrazole rings is 1. The maximum atomic E-state index is 12.6. The van der Waals surface area contributed by atoms with Crippen molar-refractivity contribution in [3.05, 3.63) is 60.2 Å². The minimum absolute atomic E-state index is 0.104. The molecule has 9 nitrogen and oxygen atoms in total. The number of carbonyl (C=O) groups is 2. The molecule has 0 radical (unpaired) electrons. The number of alkyl carbamates (subject to hydrolysis) is 1. The molecule has 0 bridgehead atoms. The van der Waals surface area contributed by atoms with Crippen LogP contribution in [0.25, 0.3) is 0 Å². The molecular formula is C21H23N5O4S. The lowest BCUT2D eigenvalue weighted by Crippen LogP contribution is -2.42. The number of ketones is 1. The number of hydrogen-bond acceptors (Lipinski definition) is 8. The van der Waals surface area contributed by atoms with Gasteiger partial charge in [0.2, 0.25) is 5.16 Å². The first kappa shape index (κ1) is 22.3. The lowest BCUT2D eigenvalue weighted by molar-refractivity contribution is -0.122. The molecule has 31 heavy (non-hydrogen) atoms. The van der Waals surface area contributed by atoms with E-state index in [-0.39, 0.29) is 18.9 Å². The fraction of sp³-hybridized carbons (Fsp3) is 0.286. The average molecular weight is 442 g/mol. The normalized spacial score (nSPS) is 11.5. The molecule has 0 aliphatic heterocycles. The Morgan fingerprint density at radius 3 is 2.55 bits per heavy atom. The number of benzene rings is 2. The fourth-order valence-corrected chi connectivity index (χ4v) is 3.35. The number of amides is 1. The van der Waals surface area contributed by atoms with Crippen molar-refractivity contribution in [2.24, 2.45) is 0 Å². The van der Waals surface area contributed by atoms with E-state index in [0.29, 0.717) is 11.6 Å². The molecule has 0 saturated carbocycles. The topological polar surface area (TPSA) is 108 Å². The molecule has 1 heterocycles. The Kier molecular flexibility index (Phi) is 7.99. The molecule has 1 amide bonds. The Balaban J connectivity index is 1.50. The second-order valence-electron chi connectivity index (χ2n) is 6.51. The fourth-order valence-electron chi connectivity index (χ4n) is 2.65. The number of rotatable bonds is 10. The smallest absolute Gasteiger partial charge is 0.408 e. The second-order valence-corrected chi connectivity index (χ2v) is 7.55. The molecule has 1 unspecified atom stereocenters. The summed E-state index contributed by atoms with van der Waals surface area (Å²) in [6.45, 7) is 1.83. The minimum atomic E-state index is -0.702. The zero-order chi connectivity index (χ0) is 22.1. The average Bonchev–Trinajstić information content (AvgIpc) is 3.23. The van der Waals surface area contributed by atoms with Crippen LogP contribution in [0.5, 0.6) is 5.75 Å². The van der Waals surface area contributed by atoms with E-state index in [9.17, 15) is 9.59 Å². The van der Waals surface area contributed by atoms with Crippen LogP contribution < -0.4 is 10.1 Å². The molecule has 1 aromatic heterocycles. The van der Waals surface area contributed by atoms with Crippen molar-refractivity contribution in [1.82, 2.24) is 25.5 Å². The van der Waals surface area contributed by atoms with Crippen molar-refractivity contribution in [3.63, 3.8) is 0 Å². The highest BCUT2D eigenvalue weighted by Gasteiger charge is 2.21. The number of nitrogens with one attached hydrogen (secondary N) is 1. The van der Waals surface area contributed by atoms with Crippen LogP contribution in [0.3, 0.4) is 0 Å². The summed E-state index contributed by atoms with van der Waals surface area (Å²) < 4.78 is 10.3. The first-order chi connectivity index (χ1) is 15.1. The van der Waals surface area contributed by atoms with Crippen LogP contribution in [0.4, 0.5) is 4.79 Å². The summed E-state index contributed by atoms with van der Waals surface area (Å²) in [5.41, 5.74) is 0.866. The highest BCUT2D eigenvalue weighted by molar-refractivity contribution is 7.99. The van der Waals surface area contributed by atoms with Gasteiger partial charge in [-0.25, -0.2) is 4.79 Å². The number of aromatic nitrogens is 4. The molecular weight excluding hydrogens is 418 g/mol. The number of hydrogen-bond donors (Lipinski definition) is 1. The Hall–Kier alpha value is -3.40. The SMILES string of the molecule is CCC(NC(=O)OCc1ccccc1)C(=O)Cn1nnc(Sc2ccc(OC)cc2)n1. The van der Waals surface area contributed by atoms with Crippen molar-refractivity contribution in [1.29, 1.82) is 0 Å². The van der Waals surface area contributed by atoms with Crippen molar-refractivity contribution < 1.29 is 19.1 Å². The van der Waals surface area contributed by atoms with E-state index in [2.05, 4.69) is 20.7 Å². The van der Waals surface area contributed by atoms with Crippen LogP contribution in [0.15, 0.2) is 64.6 Å². The summed E-state index contributed by atoms with van der Waals surface area (Å²) in [5, 5.41) is 15.1. The van der Waals surface area contributed by atoms with Gasteiger partial charge in [0.05, 0.1) is 13.2 Å². The van der Waals surface area contributed by atoms with E-state index in [1.165, 1.54) is 16.6 Å². The van der Waals surface area contributed by atoms with Crippen LogP contribution in [0.1, 0.15) is 18.9 Å². The van der Waals surface area contributed by atoms with Crippen LogP contribution in [0.2, 0.25) is 0 Å². The minimum Gasteiger partial charge on any atom is -0.497 e.